The number of rotatable bonds is 6. The van der Waals surface area contributed by atoms with Gasteiger partial charge in [0.1, 0.15) is 0 Å². The molecule has 0 aromatic carbocycles. The second kappa shape index (κ2) is 6.01. The summed E-state index contributed by atoms with van der Waals surface area (Å²) in [6, 6.07) is 4.09. The quantitative estimate of drug-likeness (QED) is 0.801. The Hall–Kier alpha value is -0.870. The van der Waals surface area contributed by atoms with Gasteiger partial charge in [-0.2, -0.15) is 0 Å². The zero-order valence-electron chi connectivity index (χ0n) is 10.1. The molecule has 1 amide bonds. The van der Waals surface area contributed by atoms with E-state index in [0.29, 0.717) is 5.92 Å². The first-order valence-corrected chi connectivity index (χ1v) is 6.53. The summed E-state index contributed by atoms with van der Waals surface area (Å²) < 4.78 is 0. The van der Waals surface area contributed by atoms with Crippen molar-refractivity contribution in [3.8, 4) is 0 Å². The van der Waals surface area contributed by atoms with E-state index in [9.17, 15) is 4.79 Å². The molecule has 1 heterocycles. The average molecular weight is 240 g/mol. The van der Waals surface area contributed by atoms with Crippen LogP contribution in [0.25, 0.3) is 0 Å². The van der Waals surface area contributed by atoms with Crippen LogP contribution < -0.4 is 11.1 Å². The number of hydrogen-bond acceptors (Lipinski definition) is 3. The molecule has 0 aliphatic heterocycles. The Labute approximate surface area is 101 Å². The second-order valence-corrected chi connectivity index (χ2v) is 5.25. The molecular formula is C12H20N2OS. The normalized spacial score (nSPS) is 15.0. The van der Waals surface area contributed by atoms with Crippen molar-refractivity contribution in [2.75, 3.05) is 0 Å². The van der Waals surface area contributed by atoms with Crippen LogP contribution in [-0.4, -0.2) is 11.9 Å². The van der Waals surface area contributed by atoms with E-state index in [1.807, 2.05) is 13.0 Å². The van der Waals surface area contributed by atoms with E-state index in [-0.39, 0.29) is 18.0 Å². The predicted octanol–water partition coefficient (Wildman–Crippen LogP) is 2.30. The molecule has 1 aromatic heterocycles. The Morgan fingerprint density at radius 1 is 1.56 bits per heavy atom. The fourth-order valence-corrected chi connectivity index (χ4v) is 2.65. The van der Waals surface area contributed by atoms with Crippen molar-refractivity contribution in [3.63, 3.8) is 0 Å². The molecule has 16 heavy (non-hydrogen) atoms. The second-order valence-electron chi connectivity index (χ2n) is 4.27. The molecule has 2 atom stereocenters. The predicted molar refractivity (Wildman–Crippen MR) is 68.3 cm³/mol. The van der Waals surface area contributed by atoms with Crippen molar-refractivity contribution in [3.05, 3.63) is 22.4 Å². The van der Waals surface area contributed by atoms with E-state index in [1.165, 1.54) is 4.88 Å². The molecule has 3 N–H and O–H groups in total. The van der Waals surface area contributed by atoms with E-state index in [2.05, 4.69) is 30.6 Å². The summed E-state index contributed by atoms with van der Waals surface area (Å²) in [6.07, 6.45) is 0.726. The Morgan fingerprint density at radius 2 is 2.25 bits per heavy atom. The van der Waals surface area contributed by atoms with Gasteiger partial charge in [0.25, 0.3) is 0 Å². The zero-order chi connectivity index (χ0) is 12.1. The molecule has 0 bridgehead atoms. The van der Waals surface area contributed by atoms with Gasteiger partial charge in [-0.05, 0) is 23.8 Å². The van der Waals surface area contributed by atoms with Crippen molar-refractivity contribution in [1.82, 2.24) is 5.32 Å². The highest BCUT2D eigenvalue weighted by Gasteiger charge is 2.22. The van der Waals surface area contributed by atoms with Crippen LogP contribution in [0.1, 0.15) is 38.1 Å². The molecule has 3 nitrogen and oxygen atoms in total. The van der Waals surface area contributed by atoms with Crippen molar-refractivity contribution in [2.24, 2.45) is 11.7 Å². The van der Waals surface area contributed by atoms with Crippen LogP contribution >= 0.6 is 11.3 Å². The molecule has 4 heteroatoms. The van der Waals surface area contributed by atoms with Gasteiger partial charge in [-0.25, -0.2) is 0 Å². The van der Waals surface area contributed by atoms with E-state index in [1.54, 1.807) is 11.3 Å². The Balaban J connectivity index is 2.76. The molecule has 0 saturated heterocycles. The summed E-state index contributed by atoms with van der Waals surface area (Å²) in [5.74, 6) is 0.164. The molecule has 0 spiro atoms. The smallest absolute Gasteiger partial charge is 0.234 e. The first-order valence-electron chi connectivity index (χ1n) is 5.65. The summed E-state index contributed by atoms with van der Waals surface area (Å²) in [5.41, 5.74) is 5.35. The van der Waals surface area contributed by atoms with Crippen molar-refractivity contribution in [1.29, 1.82) is 0 Å². The lowest BCUT2D eigenvalue weighted by Gasteiger charge is -2.25. The van der Waals surface area contributed by atoms with Gasteiger partial charge in [0.2, 0.25) is 5.91 Å². The average Bonchev–Trinajstić information content (AvgIpc) is 2.71. The maximum atomic E-state index is 11.2. The minimum absolute atomic E-state index is 0.206. The summed E-state index contributed by atoms with van der Waals surface area (Å²) in [7, 11) is 0. The summed E-state index contributed by atoms with van der Waals surface area (Å²) in [6.45, 7) is 6.25. The van der Waals surface area contributed by atoms with Crippen molar-refractivity contribution in [2.45, 2.75) is 39.3 Å². The lowest BCUT2D eigenvalue weighted by atomic mass is 10.0. The Bertz CT molecular complexity index is 322. The first-order chi connectivity index (χ1) is 7.56. The topological polar surface area (TPSA) is 55.1 Å². The lowest BCUT2D eigenvalue weighted by Crippen LogP contribution is -2.43. The van der Waals surface area contributed by atoms with Gasteiger partial charge in [0, 0.05) is 10.9 Å². The highest BCUT2D eigenvalue weighted by molar-refractivity contribution is 7.10. The monoisotopic (exact) mass is 240 g/mol. The highest BCUT2D eigenvalue weighted by atomic mass is 32.1. The molecule has 1 aromatic rings. The van der Waals surface area contributed by atoms with Crippen LogP contribution in [0.2, 0.25) is 0 Å². The van der Waals surface area contributed by atoms with E-state index >= 15 is 0 Å². The maximum absolute atomic E-state index is 11.2. The van der Waals surface area contributed by atoms with Crippen LogP contribution in [0.4, 0.5) is 0 Å². The molecule has 90 valence electrons. The van der Waals surface area contributed by atoms with Gasteiger partial charge in [-0.3, -0.25) is 10.1 Å². The van der Waals surface area contributed by atoms with Crippen LogP contribution in [0.15, 0.2) is 17.5 Å². The Kier molecular flexibility index (Phi) is 4.96. The molecule has 0 aliphatic rings. The Morgan fingerprint density at radius 3 is 2.62 bits per heavy atom. The van der Waals surface area contributed by atoms with Crippen LogP contribution in [0.5, 0.6) is 0 Å². The van der Waals surface area contributed by atoms with Gasteiger partial charge in [0.05, 0.1) is 6.04 Å². The minimum atomic E-state index is -0.273. The molecule has 0 saturated carbocycles. The lowest BCUT2D eigenvalue weighted by molar-refractivity contribution is -0.120. The molecular weight excluding hydrogens is 220 g/mol. The molecule has 0 fully saturated rings. The van der Waals surface area contributed by atoms with Gasteiger partial charge in [-0.15, -0.1) is 11.3 Å². The number of nitrogens with two attached hydrogens (primary N) is 1. The summed E-state index contributed by atoms with van der Waals surface area (Å²) in [5, 5.41) is 5.39. The summed E-state index contributed by atoms with van der Waals surface area (Å²) >= 11 is 1.71. The van der Waals surface area contributed by atoms with Gasteiger partial charge < -0.3 is 5.73 Å². The van der Waals surface area contributed by atoms with Crippen LogP contribution in [0, 0.1) is 5.92 Å². The third kappa shape index (κ3) is 3.32. The minimum Gasteiger partial charge on any atom is -0.368 e. The van der Waals surface area contributed by atoms with E-state index < -0.39 is 0 Å². The molecule has 1 rings (SSSR count). The number of thiophene rings is 1. The largest absolute Gasteiger partial charge is 0.368 e. The van der Waals surface area contributed by atoms with Gasteiger partial charge >= 0.3 is 0 Å². The highest BCUT2D eigenvalue weighted by Crippen LogP contribution is 2.26. The molecule has 0 radical (unpaired) electrons. The number of primary amides is 1. The number of hydrogen-bond donors (Lipinski definition) is 2. The number of carbonyl (C=O) groups excluding carboxylic acids is 1. The molecule has 0 aliphatic carbocycles. The van der Waals surface area contributed by atoms with Crippen molar-refractivity contribution >= 4 is 17.2 Å². The summed E-state index contributed by atoms with van der Waals surface area (Å²) in [4.78, 5) is 12.5. The van der Waals surface area contributed by atoms with E-state index in [4.69, 9.17) is 5.73 Å². The maximum Gasteiger partial charge on any atom is 0.234 e. The number of amides is 1. The fourth-order valence-electron chi connectivity index (χ4n) is 1.69. The first kappa shape index (κ1) is 13.2. The zero-order valence-corrected chi connectivity index (χ0v) is 10.9. The van der Waals surface area contributed by atoms with E-state index in [0.717, 1.165) is 6.42 Å². The number of carbonyl (C=O) groups is 1. The van der Waals surface area contributed by atoms with Crippen LogP contribution in [0.3, 0.4) is 0 Å². The van der Waals surface area contributed by atoms with Gasteiger partial charge in [0.15, 0.2) is 0 Å². The third-order valence-corrected chi connectivity index (χ3v) is 3.60. The van der Waals surface area contributed by atoms with Crippen molar-refractivity contribution < 1.29 is 4.79 Å². The fraction of sp³-hybridized carbons (Fsp3) is 0.583. The SMILES string of the molecule is CCC(NC(c1cccs1)C(C)C)C(N)=O. The number of nitrogens with one attached hydrogen (secondary N) is 1. The van der Waals surface area contributed by atoms with Crippen LogP contribution in [-0.2, 0) is 4.79 Å². The molecule has 2 unspecified atom stereocenters. The third-order valence-electron chi connectivity index (χ3n) is 2.65. The standard InChI is InChI=1S/C12H20N2OS/c1-4-9(12(13)15)14-11(8(2)3)10-6-5-7-16-10/h5-9,11,14H,4H2,1-3H3,(H2,13,15). The van der Waals surface area contributed by atoms with Gasteiger partial charge in [-0.1, -0.05) is 26.8 Å².